The van der Waals surface area contributed by atoms with Crippen LogP contribution in [0.3, 0.4) is 0 Å². The third-order valence-electron chi connectivity index (χ3n) is 3.12. The molecule has 0 radical (unpaired) electrons. The number of quaternary nitrogens is 1. The van der Waals surface area contributed by atoms with Gasteiger partial charge in [-0.2, -0.15) is 0 Å². The molecule has 3 nitrogen and oxygen atoms in total. The lowest BCUT2D eigenvalue weighted by Crippen LogP contribution is -3.06. The van der Waals surface area contributed by atoms with Crippen LogP contribution in [0.4, 0.5) is 5.82 Å². The summed E-state index contributed by atoms with van der Waals surface area (Å²) in [5.41, 5.74) is 1.28. The standard InChI is InChI=1S/C16H20ClN3.ClH/c1-19(2)11-12-20(13-14-7-4-3-5-8-14)16-10-6-9-15(17)18-16;/h3-10H,11-13H2,1-2H3;1H. The second-order valence-electron chi connectivity index (χ2n) is 5.18. The van der Waals surface area contributed by atoms with Gasteiger partial charge in [0.25, 0.3) is 0 Å². The van der Waals surface area contributed by atoms with Crippen LogP contribution in [-0.4, -0.2) is 32.2 Å². The Kier molecular flexibility index (Phi) is 7.51. The van der Waals surface area contributed by atoms with E-state index in [-0.39, 0.29) is 12.4 Å². The molecule has 0 aliphatic rings. The van der Waals surface area contributed by atoms with Crippen LogP contribution in [0.25, 0.3) is 0 Å². The van der Waals surface area contributed by atoms with E-state index in [0.29, 0.717) is 5.15 Å². The van der Waals surface area contributed by atoms with E-state index in [1.807, 2.05) is 24.3 Å². The second-order valence-corrected chi connectivity index (χ2v) is 5.57. The molecule has 2 rings (SSSR count). The Morgan fingerprint density at radius 1 is 1.05 bits per heavy atom. The highest BCUT2D eigenvalue weighted by atomic mass is 35.5. The number of nitrogens with one attached hydrogen (secondary N) is 1. The van der Waals surface area contributed by atoms with Gasteiger partial charge in [-0.25, -0.2) is 4.98 Å². The van der Waals surface area contributed by atoms with Gasteiger partial charge in [0.15, 0.2) is 0 Å². The Hall–Kier alpha value is -1.29. The van der Waals surface area contributed by atoms with Crippen molar-refractivity contribution in [2.24, 2.45) is 0 Å². The largest absolute Gasteiger partial charge is 1.00 e. The molecule has 0 amide bonds. The fourth-order valence-corrected chi connectivity index (χ4v) is 2.17. The highest BCUT2D eigenvalue weighted by molar-refractivity contribution is 6.29. The van der Waals surface area contributed by atoms with Crippen molar-refractivity contribution < 1.29 is 17.3 Å². The molecule has 0 aliphatic carbocycles. The third-order valence-corrected chi connectivity index (χ3v) is 3.33. The summed E-state index contributed by atoms with van der Waals surface area (Å²) in [5.74, 6) is 0.933. The monoisotopic (exact) mass is 325 g/mol. The number of benzene rings is 1. The van der Waals surface area contributed by atoms with Crippen LogP contribution in [0.15, 0.2) is 48.5 Å². The highest BCUT2D eigenvalue weighted by Gasteiger charge is 2.10. The zero-order valence-corrected chi connectivity index (χ0v) is 13.9. The molecule has 0 fully saturated rings. The predicted octanol–water partition coefficient (Wildman–Crippen LogP) is -1.11. The molecule has 0 saturated heterocycles. The van der Waals surface area contributed by atoms with Crippen LogP contribution in [0.1, 0.15) is 5.56 Å². The van der Waals surface area contributed by atoms with Crippen molar-refractivity contribution in [1.82, 2.24) is 4.98 Å². The average molecular weight is 326 g/mol. The van der Waals surface area contributed by atoms with Crippen molar-refractivity contribution in [1.29, 1.82) is 0 Å². The molecule has 1 aromatic carbocycles. The van der Waals surface area contributed by atoms with E-state index in [9.17, 15) is 0 Å². The first kappa shape index (κ1) is 17.8. The van der Waals surface area contributed by atoms with Crippen molar-refractivity contribution >= 4 is 17.4 Å². The molecule has 5 heteroatoms. The predicted molar refractivity (Wildman–Crippen MR) is 84.4 cm³/mol. The van der Waals surface area contributed by atoms with Crippen LogP contribution in [0, 0.1) is 0 Å². The van der Waals surface area contributed by atoms with Crippen molar-refractivity contribution in [3.05, 3.63) is 59.2 Å². The lowest BCUT2D eigenvalue weighted by atomic mass is 10.2. The minimum Gasteiger partial charge on any atom is -1.00 e. The van der Waals surface area contributed by atoms with E-state index in [0.717, 1.165) is 25.5 Å². The maximum atomic E-state index is 6.01. The number of nitrogens with zero attached hydrogens (tertiary/aromatic N) is 2. The molecule has 0 saturated carbocycles. The number of anilines is 1. The van der Waals surface area contributed by atoms with Gasteiger partial charge in [-0.1, -0.05) is 48.0 Å². The van der Waals surface area contributed by atoms with Crippen molar-refractivity contribution in [3.8, 4) is 0 Å². The van der Waals surface area contributed by atoms with Gasteiger partial charge in [-0.3, -0.25) is 0 Å². The number of halogens is 2. The van der Waals surface area contributed by atoms with E-state index in [1.54, 1.807) is 0 Å². The summed E-state index contributed by atoms with van der Waals surface area (Å²) in [6.07, 6.45) is 0. The molecule has 0 atom stereocenters. The second kappa shape index (κ2) is 8.88. The summed E-state index contributed by atoms with van der Waals surface area (Å²) in [4.78, 5) is 8.12. The first-order valence-electron chi connectivity index (χ1n) is 6.85. The van der Waals surface area contributed by atoms with Crippen LogP contribution >= 0.6 is 11.6 Å². The lowest BCUT2D eigenvalue weighted by molar-refractivity contribution is -0.856. The van der Waals surface area contributed by atoms with Gasteiger partial charge < -0.3 is 22.2 Å². The van der Waals surface area contributed by atoms with Crippen molar-refractivity contribution in [2.75, 3.05) is 32.1 Å². The Balaban J connectivity index is 0.00000220. The number of hydrogen-bond acceptors (Lipinski definition) is 2. The quantitative estimate of drug-likeness (QED) is 0.680. The molecule has 0 bridgehead atoms. The Bertz CT molecular complexity index is 532. The Morgan fingerprint density at radius 3 is 2.38 bits per heavy atom. The molecule has 2 aromatic rings. The highest BCUT2D eigenvalue weighted by Crippen LogP contribution is 2.16. The molecule has 0 aliphatic heterocycles. The van der Waals surface area contributed by atoms with Crippen LogP contribution < -0.4 is 22.2 Å². The van der Waals surface area contributed by atoms with E-state index >= 15 is 0 Å². The first-order valence-corrected chi connectivity index (χ1v) is 7.23. The summed E-state index contributed by atoms with van der Waals surface area (Å²) < 4.78 is 0. The minimum atomic E-state index is 0. The average Bonchev–Trinajstić information content (AvgIpc) is 2.44. The van der Waals surface area contributed by atoms with Gasteiger partial charge in [0.05, 0.1) is 27.2 Å². The number of likely N-dealkylation sites (N-methyl/N-ethyl adjacent to an activating group) is 1. The number of pyridine rings is 1. The van der Waals surface area contributed by atoms with Gasteiger partial charge >= 0.3 is 0 Å². The Labute approximate surface area is 138 Å². The van der Waals surface area contributed by atoms with Crippen molar-refractivity contribution in [3.63, 3.8) is 0 Å². The molecule has 1 heterocycles. The van der Waals surface area contributed by atoms with Gasteiger partial charge in [0.2, 0.25) is 0 Å². The fraction of sp³-hybridized carbons (Fsp3) is 0.312. The zero-order valence-electron chi connectivity index (χ0n) is 12.4. The van der Waals surface area contributed by atoms with Gasteiger partial charge in [-0.15, -0.1) is 0 Å². The van der Waals surface area contributed by atoms with Crippen LogP contribution in [-0.2, 0) is 6.54 Å². The molecule has 114 valence electrons. The number of rotatable bonds is 6. The fourth-order valence-electron chi connectivity index (χ4n) is 2.01. The van der Waals surface area contributed by atoms with E-state index in [2.05, 4.69) is 48.2 Å². The molecular formula is C16H21Cl2N3. The van der Waals surface area contributed by atoms with Gasteiger partial charge in [0, 0.05) is 6.54 Å². The van der Waals surface area contributed by atoms with Gasteiger partial charge in [-0.05, 0) is 17.7 Å². The van der Waals surface area contributed by atoms with Crippen molar-refractivity contribution in [2.45, 2.75) is 6.54 Å². The number of aromatic nitrogens is 1. The maximum absolute atomic E-state index is 6.01. The van der Waals surface area contributed by atoms with E-state index < -0.39 is 0 Å². The van der Waals surface area contributed by atoms with E-state index in [4.69, 9.17) is 11.6 Å². The van der Waals surface area contributed by atoms with E-state index in [1.165, 1.54) is 10.5 Å². The summed E-state index contributed by atoms with van der Waals surface area (Å²) in [6.45, 7) is 2.85. The summed E-state index contributed by atoms with van der Waals surface area (Å²) in [5, 5.41) is 0.540. The van der Waals surface area contributed by atoms with Crippen LogP contribution in [0.5, 0.6) is 0 Å². The van der Waals surface area contributed by atoms with Crippen LogP contribution in [0.2, 0.25) is 5.15 Å². The topological polar surface area (TPSA) is 20.6 Å². The zero-order chi connectivity index (χ0) is 14.4. The summed E-state index contributed by atoms with van der Waals surface area (Å²) >= 11 is 6.01. The molecule has 0 spiro atoms. The minimum absolute atomic E-state index is 0. The number of hydrogen-bond donors (Lipinski definition) is 1. The first-order chi connectivity index (χ1) is 9.65. The third kappa shape index (κ3) is 5.92. The molecule has 21 heavy (non-hydrogen) atoms. The SMILES string of the molecule is C[NH+](C)CCN(Cc1ccccc1)c1cccc(Cl)n1.[Cl-]. The van der Waals surface area contributed by atoms with Gasteiger partial charge in [0.1, 0.15) is 11.0 Å². The summed E-state index contributed by atoms with van der Waals surface area (Å²) in [6, 6.07) is 16.2. The molecule has 1 aromatic heterocycles. The smallest absolute Gasteiger partial charge is 0.131 e. The molecule has 0 unspecified atom stereocenters. The Morgan fingerprint density at radius 2 is 1.76 bits per heavy atom. The maximum Gasteiger partial charge on any atom is 0.131 e. The molecule has 1 N–H and O–H groups in total. The summed E-state index contributed by atoms with van der Waals surface area (Å²) in [7, 11) is 4.32. The normalized spacial score (nSPS) is 10.3. The lowest BCUT2D eigenvalue weighted by Gasteiger charge is -2.24. The molecular weight excluding hydrogens is 305 g/mol.